The molecule has 1 N–H and O–H groups in total. The maximum Gasteiger partial charge on any atom is -0.00202 e. The van der Waals surface area contributed by atoms with Crippen molar-refractivity contribution >= 4 is 11.8 Å². The van der Waals surface area contributed by atoms with E-state index in [-0.39, 0.29) is 0 Å². The summed E-state index contributed by atoms with van der Waals surface area (Å²) in [5.41, 5.74) is 0. The van der Waals surface area contributed by atoms with Crippen molar-refractivity contribution in [2.75, 3.05) is 25.1 Å². The Morgan fingerprint density at radius 1 is 1.15 bits per heavy atom. The summed E-state index contributed by atoms with van der Waals surface area (Å²) in [7, 11) is 0. The maximum atomic E-state index is 3.52. The molecular formula is C11H25NS. The van der Waals surface area contributed by atoms with E-state index in [1.807, 2.05) is 11.8 Å². The average molecular weight is 203 g/mol. The number of nitrogens with one attached hydrogen (secondary N) is 1. The smallest absolute Gasteiger partial charge is 0.00202 e. The Bertz CT molecular complexity index is 96.1. The van der Waals surface area contributed by atoms with Gasteiger partial charge < -0.3 is 5.32 Å². The fraction of sp³-hybridized carbons (Fsp3) is 1.00. The highest BCUT2D eigenvalue weighted by molar-refractivity contribution is 7.98. The van der Waals surface area contributed by atoms with Gasteiger partial charge in [0.05, 0.1) is 0 Å². The monoisotopic (exact) mass is 203 g/mol. The van der Waals surface area contributed by atoms with Gasteiger partial charge in [-0.1, -0.05) is 20.3 Å². The second-order valence-electron chi connectivity index (χ2n) is 3.64. The molecule has 0 spiro atoms. The van der Waals surface area contributed by atoms with Crippen LogP contribution < -0.4 is 5.32 Å². The van der Waals surface area contributed by atoms with Crippen LogP contribution in [-0.4, -0.2) is 25.1 Å². The Morgan fingerprint density at radius 2 is 1.92 bits per heavy atom. The van der Waals surface area contributed by atoms with Crippen LogP contribution in [0.5, 0.6) is 0 Å². The van der Waals surface area contributed by atoms with Crippen LogP contribution >= 0.6 is 11.8 Å². The molecule has 0 amide bonds. The molecule has 0 aromatic rings. The molecule has 1 atom stereocenters. The van der Waals surface area contributed by atoms with Crippen LogP contribution in [0.25, 0.3) is 0 Å². The summed E-state index contributed by atoms with van der Waals surface area (Å²) >= 11 is 1.97. The zero-order valence-electron chi connectivity index (χ0n) is 9.44. The molecule has 0 fully saturated rings. The molecule has 80 valence electrons. The van der Waals surface area contributed by atoms with E-state index in [9.17, 15) is 0 Å². The van der Waals surface area contributed by atoms with Crippen molar-refractivity contribution in [3.8, 4) is 0 Å². The van der Waals surface area contributed by atoms with Crippen LogP contribution in [0.4, 0.5) is 0 Å². The van der Waals surface area contributed by atoms with Crippen molar-refractivity contribution in [3.63, 3.8) is 0 Å². The third-order valence-electron chi connectivity index (χ3n) is 2.29. The Balaban J connectivity index is 3.41. The van der Waals surface area contributed by atoms with E-state index in [0.29, 0.717) is 0 Å². The summed E-state index contributed by atoms with van der Waals surface area (Å²) in [5.74, 6) is 2.22. The molecule has 2 heteroatoms. The van der Waals surface area contributed by atoms with Crippen molar-refractivity contribution in [3.05, 3.63) is 0 Å². The van der Waals surface area contributed by atoms with E-state index in [1.165, 1.54) is 44.5 Å². The highest BCUT2D eigenvalue weighted by Gasteiger charge is 2.05. The summed E-state index contributed by atoms with van der Waals surface area (Å²) in [6.45, 7) is 6.91. The summed E-state index contributed by atoms with van der Waals surface area (Å²) in [4.78, 5) is 0. The van der Waals surface area contributed by atoms with E-state index in [0.717, 1.165) is 5.92 Å². The van der Waals surface area contributed by atoms with Crippen LogP contribution in [0.3, 0.4) is 0 Å². The molecule has 0 saturated heterocycles. The number of rotatable bonds is 9. The first-order chi connectivity index (χ1) is 6.35. The molecule has 13 heavy (non-hydrogen) atoms. The summed E-state index contributed by atoms with van der Waals surface area (Å²) in [6, 6.07) is 0. The molecule has 0 aliphatic heterocycles. The first kappa shape index (κ1) is 13.3. The molecule has 1 nitrogen and oxygen atoms in total. The zero-order chi connectivity index (χ0) is 9.94. The topological polar surface area (TPSA) is 12.0 Å². The predicted octanol–water partition coefficient (Wildman–Crippen LogP) is 3.16. The highest BCUT2D eigenvalue weighted by Crippen LogP contribution is 2.12. The van der Waals surface area contributed by atoms with Crippen LogP contribution in [0.1, 0.15) is 39.5 Å². The van der Waals surface area contributed by atoms with Crippen molar-refractivity contribution < 1.29 is 0 Å². The van der Waals surface area contributed by atoms with Gasteiger partial charge in [-0.2, -0.15) is 11.8 Å². The lowest BCUT2D eigenvalue weighted by atomic mass is 10.0. The van der Waals surface area contributed by atoms with Gasteiger partial charge in [-0.15, -0.1) is 0 Å². The largest absolute Gasteiger partial charge is 0.316 e. The molecule has 0 radical (unpaired) electrons. The average Bonchev–Trinajstić information content (AvgIpc) is 2.14. The Hall–Kier alpha value is 0.310. The fourth-order valence-electron chi connectivity index (χ4n) is 1.52. The standard InChI is InChI=1S/C11H25NS/c1-4-6-11(7-9-13-3)10-12-8-5-2/h11-12H,4-10H2,1-3H3. The number of thioether (sulfide) groups is 1. The highest BCUT2D eigenvalue weighted by atomic mass is 32.2. The molecule has 0 aromatic heterocycles. The fourth-order valence-corrected chi connectivity index (χ4v) is 2.09. The number of hydrogen-bond acceptors (Lipinski definition) is 2. The minimum atomic E-state index is 0.906. The molecule has 0 saturated carbocycles. The SMILES string of the molecule is CCCNCC(CCC)CCSC. The lowest BCUT2D eigenvalue weighted by Crippen LogP contribution is -2.24. The van der Waals surface area contributed by atoms with Gasteiger partial charge in [0, 0.05) is 0 Å². The second kappa shape index (κ2) is 10.4. The van der Waals surface area contributed by atoms with Gasteiger partial charge in [0.25, 0.3) is 0 Å². The summed E-state index contributed by atoms with van der Waals surface area (Å²) < 4.78 is 0. The Labute approximate surface area is 88.1 Å². The quantitative estimate of drug-likeness (QED) is 0.578. The van der Waals surface area contributed by atoms with E-state index < -0.39 is 0 Å². The van der Waals surface area contributed by atoms with Crippen LogP contribution in [0.2, 0.25) is 0 Å². The van der Waals surface area contributed by atoms with Gasteiger partial charge in [0.15, 0.2) is 0 Å². The Kier molecular flexibility index (Phi) is 10.6. The number of hydrogen-bond donors (Lipinski definition) is 1. The third kappa shape index (κ3) is 8.63. The van der Waals surface area contributed by atoms with Crippen molar-refractivity contribution in [1.29, 1.82) is 0 Å². The van der Waals surface area contributed by atoms with Crippen molar-refractivity contribution in [1.82, 2.24) is 5.32 Å². The van der Waals surface area contributed by atoms with E-state index in [1.54, 1.807) is 0 Å². The van der Waals surface area contributed by atoms with Gasteiger partial charge in [0.2, 0.25) is 0 Å². The van der Waals surface area contributed by atoms with Gasteiger partial charge in [0.1, 0.15) is 0 Å². The van der Waals surface area contributed by atoms with E-state index >= 15 is 0 Å². The van der Waals surface area contributed by atoms with Gasteiger partial charge in [-0.25, -0.2) is 0 Å². The minimum Gasteiger partial charge on any atom is -0.316 e. The Morgan fingerprint density at radius 3 is 2.46 bits per heavy atom. The zero-order valence-corrected chi connectivity index (χ0v) is 10.3. The van der Waals surface area contributed by atoms with Gasteiger partial charge in [-0.3, -0.25) is 0 Å². The summed E-state index contributed by atoms with van der Waals surface area (Å²) in [6.07, 6.45) is 7.54. The van der Waals surface area contributed by atoms with Crippen molar-refractivity contribution in [2.24, 2.45) is 5.92 Å². The van der Waals surface area contributed by atoms with Gasteiger partial charge in [-0.05, 0) is 50.3 Å². The molecule has 0 aliphatic carbocycles. The lowest BCUT2D eigenvalue weighted by Gasteiger charge is -2.15. The van der Waals surface area contributed by atoms with Gasteiger partial charge >= 0.3 is 0 Å². The maximum absolute atomic E-state index is 3.52. The summed E-state index contributed by atoms with van der Waals surface area (Å²) in [5, 5.41) is 3.52. The first-order valence-electron chi connectivity index (χ1n) is 5.54. The molecular weight excluding hydrogens is 178 g/mol. The molecule has 0 aliphatic rings. The molecule has 1 unspecified atom stereocenters. The normalized spacial score (nSPS) is 13.2. The third-order valence-corrected chi connectivity index (χ3v) is 2.93. The predicted molar refractivity (Wildman–Crippen MR) is 64.6 cm³/mol. The van der Waals surface area contributed by atoms with Crippen LogP contribution in [0, 0.1) is 5.92 Å². The molecule has 0 heterocycles. The lowest BCUT2D eigenvalue weighted by molar-refractivity contribution is 0.432. The second-order valence-corrected chi connectivity index (χ2v) is 4.63. The molecule has 0 aromatic carbocycles. The first-order valence-corrected chi connectivity index (χ1v) is 6.94. The van der Waals surface area contributed by atoms with Crippen LogP contribution in [0.15, 0.2) is 0 Å². The van der Waals surface area contributed by atoms with Crippen LogP contribution in [-0.2, 0) is 0 Å². The minimum absolute atomic E-state index is 0.906. The van der Waals surface area contributed by atoms with E-state index in [2.05, 4.69) is 25.4 Å². The molecule has 0 rings (SSSR count). The van der Waals surface area contributed by atoms with E-state index in [4.69, 9.17) is 0 Å². The van der Waals surface area contributed by atoms with Crippen molar-refractivity contribution in [2.45, 2.75) is 39.5 Å². The molecule has 0 bridgehead atoms.